The Labute approximate surface area is 177 Å². The van der Waals surface area contributed by atoms with Crippen LogP contribution in [-0.2, 0) is 4.79 Å². The molecule has 30 heavy (non-hydrogen) atoms. The molecular formula is C22H20N4O3S. The summed E-state index contributed by atoms with van der Waals surface area (Å²) in [7, 11) is 1.53. The minimum atomic E-state index is -0.423. The first-order valence-electron chi connectivity index (χ1n) is 9.06. The van der Waals surface area contributed by atoms with E-state index in [9.17, 15) is 14.9 Å². The SMILES string of the molecule is COc1ccc(C)cc1-n1c(SCC(=O)C(C#N)=C(C)N)nc2ccccc2c1=O. The highest BCUT2D eigenvalue weighted by atomic mass is 32.2. The second-order valence-electron chi connectivity index (χ2n) is 6.61. The van der Waals surface area contributed by atoms with Crippen LogP contribution in [0, 0.1) is 18.3 Å². The minimum Gasteiger partial charge on any atom is -0.495 e. The van der Waals surface area contributed by atoms with Crippen LogP contribution < -0.4 is 16.0 Å². The van der Waals surface area contributed by atoms with Crippen LogP contribution in [0.25, 0.3) is 16.6 Å². The maximum atomic E-state index is 13.4. The van der Waals surface area contributed by atoms with E-state index in [0.717, 1.165) is 17.3 Å². The zero-order valence-electron chi connectivity index (χ0n) is 16.8. The molecule has 0 saturated heterocycles. The molecule has 0 radical (unpaired) electrons. The number of para-hydroxylation sites is 1. The largest absolute Gasteiger partial charge is 0.495 e. The fourth-order valence-electron chi connectivity index (χ4n) is 2.97. The van der Waals surface area contributed by atoms with Crippen LogP contribution >= 0.6 is 11.8 Å². The Morgan fingerprint density at radius 3 is 2.70 bits per heavy atom. The summed E-state index contributed by atoms with van der Waals surface area (Å²) in [4.78, 5) is 30.4. The predicted molar refractivity (Wildman–Crippen MR) is 117 cm³/mol. The molecule has 0 fully saturated rings. The van der Waals surface area contributed by atoms with Crippen molar-refractivity contribution in [2.24, 2.45) is 5.73 Å². The number of hydrogen-bond donors (Lipinski definition) is 1. The van der Waals surface area contributed by atoms with E-state index in [0.29, 0.717) is 27.5 Å². The van der Waals surface area contributed by atoms with Crippen molar-refractivity contribution in [2.45, 2.75) is 19.0 Å². The number of ether oxygens (including phenoxy) is 1. The van der Waals surface area contributed by atoms with Crippen LogP contribution in [0.15, 0.2) is 63.7 Å². The Morgan fingerprint density at radius 2 is 2.03 bits per heavy atom. The lowest BCUT2D eigenvalue weighted by molar-refractivity contribution is -0.112. The fraction of sp³-hybridized carbons (Fsp3) is 0.182. The third-order valence-electron chi connectivity index (χ3n) is 4.44. The monoisotopic (exact) mass is 420 g/mol. The number of carbonyl (C=O) groups excluding carboxylic acids is 1. The Kier molecular flexibility index (Phi) is 6.23. The molecule has 2 aromatic carbocycles. The number of aromatic nitrogens is 2. The number of thioether (sulfide) groups is 1. The molecule has 0 unspecified atom stereocenters. The van der Waals surface area contributed by atoms with Crippen molar-refractivity contribution < 1.29 is 9.53 Å². The van der Waals surface area contributed by atoms with E-state index in [2.05, 4.69) is 4.98 Å². The van der Waals surface area contributed by atoms with E-state index in [1.807, 2.05) is 25.1 Å². The number of hydrogen-bond acceptors (Lipinski definition) is 7. The number of Topliss-reactive ketones (excluding diaryl/α,β-unsaturated/α-hetero) is 1. The van der Waals surface area contributed by atoms with Crippen molar-refractivity contribution in [3.8, 4) is 17.5 Å². The van der Waals surface area contributed by atoms with Crippen molar-refractivity contribution in [1.82, 2.24) is 9.55 Å². The number of nitriles is 1. The highest BCUT2D eigenvalue weighted by Crippen LogP contribution is 2.28. The van der Waals surface area contributed by atoms with Gasteiger partial charge in [-0.05, 0) is 43.7 Å². The Morgan fingerprint density at radius 1 is 1.30 bits per heavy atom. The van der Waals surface area contributed by atoms with Crippen LogP contribution in [0.3, 0.4) is 0 Å². The Bertz CT molecular complexity index is 1270. The molecule has 0 amide bonds. The minimum absolute atomic E-state index is 0.0870. The summed E-state index contributed by atoms with van der Waals surface area (Å²) in [5, 5.41) is 9.95. The van der Waals surface area contributed by atoms with Crippen molar-refractivity contribution in [3.63, 3.8) is 0 Å². The molecule has 0 aliphatic rings. The highest BCUT2D eigenvalue weighted by molar-refractivity contribution is 7.99. The number of fused-ring (bicyclic) bond motifs is 1. The van der Waals surface area contributed by atoms with Gasteiger partial charge >= 0.3 is 0 Å². The van der Waals surface area contributed by atoms with Gasteiger partial charge in [-0.2, -0.15) is 5.26 Å². The van der Waals surface area contributed by atoms with Gasteiger partial charge in [-0.1, -0.05) is 30.0 Å². The molecule has 3 aromatic rings. The third kappa shape index (κ3) is 4.07. The molecular weight excluding hydrogens is 400 g/mol. The van der Waals surface area contributed by atoms with Gasteiger partial charge in [0.25, 0.3) is 5.56 Å². The van der Waals surface area contributed by atoms with Gasteiger partial charge in [0.05, 0.1) is 29.5 Å². The number of nitrogens with two attached hydrogens (primary N) is 1. The van der Waals surface area contributed by atoms with Gasteiger partial charge in [0.15, 0.2) is 10.9 Å². The maximum Gasteiger partial charge on any atom is 0.266 e. The van der Waals surface area contributed by atoms with E-state index >= 15 is 0 Å². The van der Waals surface area contributed by atoms with Crippen molar-refractivity contribution in [2.75, 3.05) is 12.9 Å². The molecule has 8 heteroatoms. The van der Waals surface area contributed by atoms with Gasteiger partial charge in [0, 0.05) is 5.70 Å². The van der Waals surface area contributed by atoms with Crippen molar-refractivity contribution >= 4 is 28.4 Å². The molecule has 0 bridgehead atoms. The zero-order chi connectivity index (χ0) is 21.8. The van der Waals surface area contributed by atoms with Gasteiger partial charge in [-0.25, -0.2) is 4.98 Å². The van der Waals surface area contributed by atoms with Crippen LogP contribution in [0.2, 0.25) is 0 Å². The number of ketones is 1. The Balaban J connectivity index is 2.19. The molecule has 0 saturated carbocycles. The van der Waals surface area contributed by atoms with Gasteiger partial charge in [0.2, 0.25) is 0 Å². The van der Waals surface area contributed by atoms with E-state index in [4.69, 9.17) is 10.5 Å². The first-order chi connectivity index (χ1) is 14.4. The lowest BCUT2D eigenvalue weighted by atomic mass is 10.2. The summed E-state index contributed by atoms with van der Waals surface area (Å²) < 4.78 is 6.90. The molecule has 0 atom stereocenters. The number of allylic oxidation sites excluding steroid dienone is 2. The lowest BCUT2D eigenvalue weighted by Gasteiger charge is -2.16. The first kappa shape index (κ1) is 21.1. The number of nitrogens with zero attached hydrogens (tertiary/aromatic N) is 3. The molecule has 0 aliphatic carbocycles. The maximum absolute atomic E-state index is 13.4. The highest BCUT2D eigenvalue weighted by Gasteiger charge is 2.19. The summed E-state index contributed by atoms with van der Waals surface area (Å²) in [5.74, 6) is -0.00730. The lowest BCUT2D eigenvalue weighted by Crippen LogP contribution is -2.23. The predicted octanol–water partition coefficient (Wildman–Crippen LogP) is 3.12. The molecule has 3 rings (SSSR count). The van der Waals surface area contributed by atoms with Crippen LogP contribution in [0.1, 0.15) is 12.5 Å². The molecule has 2 N–H and O–H groups in total. The zero-order valence-corrected chi connectivity index (χ0v) is 17.6. The Hall–Kier alpha value is -3.57. The van der Waals surface area contributed by atoms with Crippen LogP contribution in [-0.4, -0.2) is 28.2 Å². The van der Waals surface area contributed by atoms with E-state index in [1.165, 1.54) is 18.6 Å². The topological polar surface area (TPSA) is 111 Å². The number of aryl methyl sites for hydroxylation is 1. The first-order valence-corrected chi connectivity index (χ1v) is 10.0. The number of carbonyl (C=O) groups is 1. The second-order valence-corrected chi connectivity index (χ2v) is 7.55. The number of benzene rings is 2. The summed E-state index contributed by atoms with van der Waals surface area (Å²) in [6.45, 7) is 3.41. The molecule has 0 aliphatic heterocycles. The van der Waals surface area contributed by atoms with Crippen LogP contribution in [0.5, 0.6) is 5.75 Å². The quantitative estimate of drug-likeness (QED) is 0.282. The molecule has 152 valence electrons. The molecule has 7 nitrogen and oxygen atoms in total. The van der Waals surface area contributed by atoms with E-state index in [-0.39, 0.29) is 22.6 Å². The van der Waals surface area contributed by atoms with Crippen molar-refractivity contribution in [3.05, 3.63) is 69.7 Å². The van der Waals surface area contributed by atoms with Gasteiger partial charge in [0.1, 0.15) is 17.4 Å². The van der Waals surface area contributed by atoms with Crippen molar-refractivity contribution in [1.29, 1.82) is 5.26 Å². The summed E-state index contributed by atoms with van der Waals surface area (Å²) in [5.41, 5.74) is 7.41. The average molecular weight is 420 g/mol. The average Bonchev–Trinajstić information content (AvgIpc) is 2.72. The standard InChI is InChI=1S/C22H20N4O3S/c1-13-8-9-20(29-3)18(10-13)26-21(28)15-6-4-5-7-17(15)25-22(26)30-12-19(27)16(11-23)14(2)24/h4-10H,12,24H2,1-3H3. The van der Waals surface area contributed by atoms with Crippen LogP contribution in [0.4, 0.5) is 0 Å². The van der Waals surface area contributed by atoms with Gasteiger partial charge in [-0.15, -0.1) is 0 Å². The number of rotatable bonds is 6. The summed E-state index contributed by atoms with van der Waals surface area (Å²) in [6, 6.07) is 14.3. The fourth-order valence-corrected chi connectivity index (χ4v) is 3.85. The second kappa shape index (κ2) is 8.84. The van der Waals surface area contributed by atoms with E-state index in [1.54, 1.807) is 30.3 Å². The molecule has 0 spiro atoms. The molecule has 1 aromatic heterocycles. The normalized spacial score (nSPS) is 11.7. The summed E-state index contributed by atoms with van der Waals surface area (Å²) in [6.07, 6.45) is 0. The smallest absolute Gasteiger partial charge is 0.266 e. The summed E-state index contributed by atoms with van der Waals surface area (Å²) >= 11 is 1.07. The van der Waals surface area contributed by atoms with Gasteiger partial charge in [-0.3, -0.25) is 14.2 Å². The third-order valence-corrected chi connectivity index (χ3v) is 5.38. The van der Waals surface area contributed by atoms with E-state index < -0.39 is 5.78 Å². The molecule has 1 heterocycles. The van der Waals surface area contributed by atoms with Gasteiger partial charge < -0.3 is 10.5 Å². The number of methoxy groups -OCH3 is 1.